The summed E-state index contributed by atoms with van der Waals surface area (Å²) >= 11 is 0. The van der Waals surface area contributed by atoms with Gasteiger partial charge in [-0.25, -0.2) is 0 Å². The summed E-state index contributed by atoms with van der Waals surface area (Å²) in [4.78, 5) is 17.1. The van der Waals surface area contributed by atoms with Gasteiger partial charge in [0.1, 0.15) is 5.75 Å². The summed E-state index contributed by atoms with van der Waals surface area (Å²) < 4.78 is 37.8. The van der Waals surface area contributed by atoms with Crippen LogP contribution < -0.4 is 14.4 Å². The number of benzene rings is 1. The van der Waals surface area contributed by atoms with Gasteiger partial charge in [-0.2, -0.15) is 8.78 Å². The van der Waals surface area contributed by atoms with E-state index in [0.29, 0.717) is 11.3 Å². The maximum absolute atomic E-state index is 14.1. The molecule has 132 valence electrons. The average molecular weight is 350 g/mol. The number of methoxy groups -OCH3 is 1. The molecule has 1 atom stereocenters. The molecule has 2 aromatic rings. The number of fused-ring (bicyclic) bond motifs is 1. The first-order chi connectivity index (χ1) is 11.8. The maximum Gasteiger partial charge on any atom is 0.483 e. The molecule has 6 nitrogen and oxygen atoms in total. The molecule has 3 rings (SSSR count). The third-order valence-electron chi connectivity index (χ3n) is 3.84. The van der Waals surface area contributed by atoms with E-state index in [4.69, 9.17) is 4.74 Å². The molecule has 0 spiro atoms. The number of halogens is 2. The fraction of sp³-hybridized carbons (Fsp3) is 0.294. The molecule has 0 saturated carbocycles. The van der Waals surface area contributed by atoms with Crippen molar-refractivity contribution in [1.82, 2.24) is 4.98 Å². The first-order valence-electron chi connectivity index (χ1n) is 7.51. The molecule has 8 heteroatoms. The van der Waals surface area contributed by atoms with E-state index in [2.05, 4.69) is 9.72 Å². The number of aliphatic hydroxyl groups is 1. The zero-order valence-corrected chi connectivity index (χ0v) is 13.6. The molecule has 0 radical (unpaired) electrons. The van der Waals surface area contributed by atoms with Gasteiger partial charge in [-0.3, -0.25) is 14.7 Å². The fourth-order valence-corrected chi connectivity index (χ4v) is 2.63. The molecule has 0 bridgehead atoms. The predicted molar refractivity (Wildman–Crippen MR) is 84.6 cm³/mol. The average Bonchev–Trinajstić information content (AvgIpc) is 2.58. The molecular weight excluding hydrogens is 334 g/mol. The van der Waals surface area contributed by atoms with E-state index < -0.39 is 18.1 Å². The number of ether oxygens (including phenoxy) is 2. The van der Waals surface area contributed by atoms with E-state index in [1.165, 1.54) is 38.6 Å². The molecule has 1 amide bonds. The smallest absolute Gasteiger partial charge is 0.483 e. The molecule has 0 saturated heterocycles. The molecule has 1 N–H and O–H groups in total. The number of carbonyl (C=O) groups is 1. The summed E-state index contributed by atoms with van der Waals surface area (Å²) in [6.45, 7) is 1.29. The number of pyridine rings is 1. The van der Waals surface area contributed by atoms with Crippen molar-refractivity contribution in [3.05, 3.63) is 47.8 Å². The van der Waals surface area contributed by atoms with Crippen LogP contribution in [-0.2, 0) is 11.3 Å². The Morgan fingerprint density at radius 1 is 1.40 bits per heavy atom. The zero-order valence-electron chi connectivity index (χ0n) is 13.6. The second-order valence-corrected chi connectivity index (χ2v) is 5.61. The van der Waals surface area contributed by atoms with Gasteiger partial charge in [0.15, 0.2) is 5.75 Å². The van der Waals surface area contributed by atoms with Gasteiger partial charge in [-0.05, 0) is 24.6 Å². The van der Waals surface area contributed by atoms with Crippen LogP contribution in [0.25, 0.3) is 0 Å². The number of nitrogens with zero attached hydrogens (tertiary/aromatic N) is 2. The van der Waals surface area contributed by atoms with E-state index in [9.17, 15) is 18.7 Å². The third-order valence-corrected chi connectivity index (χ3v) is 3.84. The van der Waals surface area contributed by atoms with Crippen LogP contribution in [0.15, 0.2) is 36.7 Å². The Balaban J connectivity index is 2.06. The first-order valence-corrected chi connectivity index (χ1v) is 7.51. The molecule has 0 fully saturated rings. The monoisotopic (exact) mass is 350 g/mol. The van der Waals surface area contributed by atoms with Gasteiger partial charge in [0.05, 0.1) is 31.6 Å². The Morgan fingerprint density at radius 3 is 2.84 bits per heavy atom. The van der Waals surface area contributed by atoms with Gasteiger partial charge in [-0.1, -0.05) is 12.1 Å². The van der Waals surface area contributed by atoms with Crippen LogP contribution >= 0.6 is 0 Å². The summed E-state index contributed by atoms with van der Waals surface area (Å²) in [5, 5.41) is 9.81. The number of rotatable bonds is 4. The summed E-state index contributed by atoms with van der Waals surface area (Å²) in [6, 6.07) is 6.13. The minimum atomic E-state index is -4.02. The number of aromatic nitrogens is 1. The third kappa shape index (κ3) is 3.12. The molecular formula is C17H16F2N2O4. The number of aliphatic hydroxyl groups excluding tert-OH is 1. The van der Waals surface area contributed by atoms with Crippen LogP contribution in [0.3, 0.4) is 0 Å². The Morgan fingerprint density at radius 2 is 2.16 bits per heavy atom. The van der Waals surface area contributed by atoms with Crippen LogP contribution in [0, 0.1) is 0 Å². The van der Waals surface area contributed by atoms with E-state index in [0.717, 1.165) is 4.90 Å². The first kappa shape index (κ1) is 17.1. The van der Waals surface area contributed by atoms with Crippen LogP contribution in [0.1, 0.15) is 24.2 Å². The van der Waals surface area contributed by atoms with E-state index in [1.807, 2.05) is 0 Å². The van der Waals surface area contributed by atoms with Crippen LogP contribution in [-0.4, -0.2) is 29.2 Å². The number of carbonyl (C=O) groups excluding carboxylic acids is 1. The Hall–Kier alpha value is -2.74. The largest absolute Gasteiger partial charge is 0.495 e. The number of amides is 1. The van der Waals surface area contributed by atoms with Crippen LogP contribution in [0.5, 0.6) is 11.5 Å². The van der Waals surface area contributed by atoms with Crippen molar-refractivity contribution in [3.8, 4) is 11.5 Å². The summed E-state index contributed by atoms with van der Waals surface area (Å²) in [5.74, 6) is -1.24. The number of alkyl halides is 2. The van der Waals surface area contributed by atoms with Crippen molar-refractivity contribution < 1.29 is 28.2 Å². The number of hydrogen-bond acceptors (Lipinski definition) is 5. The molecule has 1 aliphatic rings. The summed E-state index contributed by atoms with van der Waals surface area (Å²) in [5.41, 5.74) is 0.856. The number of hydrogen-bond donors (Lipinski definition) is 1. The molecule has 1 aromatic heterocycles. The van der Waals surface area contributed by atoms with Gasteiger partial charge in [0.25, 0.3) is 0 Å². The van der Waals surface area contributed by atoms with E-state index in [-0.39, 0.29) is 23.5 Å². The molecule has 2 heterocycles. The predicted octanol–water partition coefficient (Wildman–Crippen LogP) is 2.66. The highest BCUT2D eigenvalue weighted by atomic mass is 19.3. The highest BCUT2D eigenvalue weighted by molar-refractivity contribution is 6.01. The lowest BCUT2D eigenvalue weighted by molar-refractivity contribution is -0.193. The molecule has 25 heavy (non-hydrogen) atoms. The normalized spacial score (nSPS) is 16.8. The Kier molecular flexibility index (Phi) is 4.30. The lowest BCUT2D eigenvalue weighted by Crippen LogP contribution is -2.50. The van der Waals surface area contributed by atoms with Gasteiger partial charge in [-0.15, -0.1) is 0 Å². The molecule has 1 aliphatic heterocycles. The van der Waals surface area contributed by atoms with Crippen LogP contribution in [0.2, 0.25) is 0 Å². The van der Waals surface area contributed by atoms with Gasteiger partial charge in [0, 0.05) is 11.8 Å². The van der Waals surface area contributed by atoms with Crippen molar-refractivity contribution in [3.63, 3.8) is 0 Å². The Bertz CT molecular complexity index is 811. The summed E-state index contributed by atoms with van der Waals surface area (Å²) in [6.07, 6.45) is -2.12. The zero-order chi connectivity index (χ0) is 18.2. The van der Waals surface area contributed by atoms with Crippen molar-refractivity contribution >= 4 is 11.6 Å². The molecule has 1 unspecified atom stereocenters. The minimum absolute atomic E-state index is 0.141. The number of para-hydroxylation sites is 1. The van der Waals surface area contributed by atoms with Crippen molar-refractivity contribution in [2.45, 2.75) is 25.7 Å². The van der Waals surface area contributed by atoms with Gasteiger partial charge >= 0.3 is 12.0 Å². The fourth-order valence-electron chi connectivity index (χ4n) is 2.63. The summed E-state index contributed by atoms with van der Waals surface area (Å²) in [7, 11) is 1.46. The Labute approximate surface area is 142 Å². The minimum Gasteiger partial charge on any atom is -0.495 e. The van der Waals surface area contributed by atoms with Crippen molar-refractivity contribution in [2.75, 3.05) is 12.0 Å². The second-order valence-electron chi connectivity index (χ2n) is 5.61. The lowest BCUT2D eigenvalue weighted by Gasteiger charge is -2.35. The molecule has 0 aliphatic carbocycles. The topological polar surface area (TPSA) is 71.9 Å². The number of anilines is 1. The van der Waals surface area contributed by atoms with Gasteiger partial charge < -0.3 is 14.6 Å². The van der Waals surface area contributed by atoms with Crippen LogP contribution in [0.4, 0.5) is 14.5 Å². The standard InChI is InChI=1S/C17H16F2N2O4/c1-10(22)13-4-3-5-14-15(13)25-17(18,19)16(23)21(14)9-11-6-12(24-2)8-20-7-11/h3-8,10,22H,9H2,1-2H3. The van der Waals surface area contributed by atoms with E-state index >= 15 is 0 Å². The quantitative estimate of drug-likeness (QED) is 0.918. The van der Waals surface area contributed by atoms with Gasteiger partial charge in [0.2, 0.25) is 0 Å². The highest BCUT2D eigenvalue weighted by Gasteiger charge is 2.51. The second kappa shape index (κ2) is 6.29. The molecule has 1 aromatic carbocycles. The van der Waals surface area contributed by atoms with Crippen molar-refractivity contribution in [2.24, 2.45) is 0 Å². The SMILES string of the molecule is COc1cncc(CN2C(=O)C(F)(F)Oc3c(C(C)O)cccc32)c1. The highest BCUT2D eigenvalue weighted by Crippen LogP contribution is 2.44. The van der Waals surface area contributed by atoms with E-state index in [1.54, 1.807) is 12.1 Å². The maximum atomic E-state index is 14.1. The van der Waals surface area contributed by atoms with Crippen molar-refractivity contribution in [1.29, 1.82) is 0 Å². The lowest BCUT2D eigenvalue weighted by atomic mass is 10.1.